The van der Waals surface area contributed by atoms with E-state index in [-0.39, 0.29) is 11.6 Å². The number of nitrogens with zero attached hydrogens (tertiary/aromatic N) is 3. The second-order valence-corrected chi connectivity index (χ2v) is 4.92. The fourth-order valence-corrected chi connectivity index (χ4v) is 2.52. The molecule has 0 fully saturated rings. The van der Waals surface area contributed by atoms with Crippen LogP contribution in [0.2, 0.25) is 0 Å². The maximum atomic E-state index is 12.1. The van der Waals surface area contributed by atoms with Gasteiger partial charge in [0.2, 0.25) is 5.88 Å². The van der Waals surface area contributed by atoms with Gasteiger partial charge in [0, 0.05) is 6.07 Å². The highest BCUT2D eigenvalue weighted by Crippen LogP contribution is 2.25. The lowest BCUT2D eigenvalue weighted by Crippen LogP contribution is -2.13. The number of hydrogen-bond donors (Lipinski definition) is 1. The Morgan fingerprint density at radius 3 is 2.95 bits per heavy atom. The Morgan fingerprint density at radius 1 is 1.30 bits per heavy atom. The van der Waals surface area contributed by atoms with E-state index in [2.05, 4.69) is 20.3 Å². The van der Waals surface area contributed by atoms with Crippen LogP contribution in [0.1, 0.15) is 10.5 Å². The van der Waals surface area contributed by atoms with E-state index < -0.39 is 0 Å². The molecule has 1 amide bonds. The predicted molar refractivity (Wildman–Crippen MR) is 76.2 cm³/mol. The van der Waals surface area contributed by atoms with Crippen LogP contribution in [0.3, 0.4) is 0 Å². The van der Waals surface area contributed by atoms with Crippen molar-refractivity contribution in [3.8, 4) is 5.88 Å². The number of ether oxygens (including phenoxy) is 1. The number of aromatic nitrogens is 3. The Bertz CT molecular complexity index is 739. The summed E-state index contributed by atoms with van der Waals surface area (Å²) in [5.41, 5.74) is 1.09. The third-order valence-corrected chi connectivity index (χ3v) is 3.55. The third-order valence-electron chi connectivity index (χ3n) is 2.60. The van der Waals surface area contributed by atoms with Crippen molar-refractivity contribution >= 4 is 32.6 Å². The standard InChI is InChI=1S/C13H10N4O2S/c1-19-11-6-9(14-7-15-11)12(18)17-13-16-8-4-2-3-5-10(8)20-13/h2-7H,1H3,(H,16,17,18). The summed E-state index contributed by atoms with van der Waals surface area (Å²) < 4.78 is 5.98. The number of carbonyl (C=O) groups is 1. The molecular weight excluding hydrogens is 276 g/mol. The van der Waals surface area contributed by atoms with Crippen LogP contribution in [0.25, 0.3) is 10.2 Å². The van der Waals surface area contributed by atoms with Crippen molar-refractivity contribution in [1.29, 1.82) is 0 Å². The van der Waals surface area contributed by atoms with E-state index in [0.717, 1.165) is 10.2 Å². The molecule has 0 aliphatic rings. The lowest BCUT2D eigenvalue weighted by atomic mass is 10.3. The molecule has 20 heavy (non-hydrogen) atoms. The molecule has 2 heterocycles. The Balaban J connectivity index is 1.84. The molecular formula is C13H10N4O2S. The van der Waals surface area contributed by atoms with E-state index in [1.165, 1.54) is 30.8 Å². The summed E-state index contributed by atoms with van der Waals surface area (Å²) in [6.07, 6.45) is 1.28. The number of amides is 1. The SMILES string of the molecule is COc1cc(C(=O)Nc2nc3ccccc3s2)ncn1. The quantitative estimate of drug-likeness (QED) is 0.799. The highest BCUT2D eigenvalue weighted by molar-refractivity contribution is 7.22. The van der Waals surface area contributed by atoms with E-state index in [1.807, 2.05) is 24.3 Å². The van der Waals surface area contributed by atoms with Crippen LogP contribution in [0, 0.1) is 0 Å². The summed E-state index contributed by atoms with van der Waals surface area (Å²) in [6, 6.07) is 9.17. The zero-order chi connectivity index (χ0) is 13.9. The second kappa shape index (κ2) is 5.22. The molecule has 100 valence electrons. The van der Waals surface area contributed by atoms with Gasteiger partial charge < -0.3 is 4.74 Å². The van der Waals surface area contributed by atoms with E-state index in [0.29, 0.717) is 11.0 Å². The molecule has 0 aliphatic carbocycles. The molecule has 0 unspecified atom stereocenters. The maximum absolute atomic E-state index is 12.1. The summed E-state index contributed by atoms with van der Waals surface area (Å²) in [5, 5.41) is 3.26. The molecule has 0 saturated heterocycles. The molecule has 2 aromatic heterocycles. The van der Waals surface area contributed by atoms with E-state index >= 15 is 0 Å². The maximum Gasteiger partial charge on any atom is 0.276 e. The van der Waals surface area contributed by atoms with Crippen molar-refractivity contribution in [2.45, 2.75) is 0 Å². The molecule has 0 atom stereocenters. The fourth-order valence-electron chi connectivity index (χ4n) is 1.66. The minimum atomic E-state index is -0.343. The zero-order valence-corrected chi connectivity index (χ0v) is 11.3. The first kappa shape index (κ1) is 12.5. The molecule has 0 bridgehead atoms. The van der Waals surface area contributed by atoms with Crippen molar-refractivity contribution in [1.82, 2.24) is 15.0 Å². The Morgan fingerprint density at radius 2 is 2.15 bits per heavy atom. The van der Waals surface area contributed by atoms with Gasteiger partial charge in [0.15, 0.2) is 5.13 Å². The van der Waals surface area contributed by atoms with Gasteiger partial charge in [-0.3, -0.25) is 10.1 Å². The summed E-state index contributed by atoms with van der Waals surface area (Å²) in [4.78, 5) is 24.2. The molecule has 7 heteroatoms. The molecule has 1 aromatic carbocycles. The summed E-state index contributed by atoms with van der Waals surface area (Å²) >= 11 is 1.41. The number of fused-ring (bicyclic) bond motifs is 1. The molecule has 0 aliphatic heterocycles. The zero-order valence-electron chi connectivity index (χ0n) is 10.5. The highest BCUT2D eigenvalue weighted by atomic mass is 32.1. The lowest BCUT2D eigenvalue weighted by Gasteiger charge is -2.02. The molecule has 6 nitrogen and oxygen atoms in total. The van der Waals surface area contributed by atoms with Crippen LogP contribution in [0.5, 0.6) is 5.88 Å². The number of thiazole rings is 1. The van der Waals surface area contributed by atoms with Gasteiger partial charge in [-0.15, -0.1) is 0 Å². The normalized spacial score (nSPS) is 10.4. The van der Waals surface area contributed by atoms with Crippen molar-refractivity contribution in [3.63, 3.8) is 0 Å². The van der Waals surface area contributed by atoms with Gasteiger partial charge in [-0.25, -0.2) is 15.0 Å². The predicted octanol–water partition coefficient (Wildman–Crippen LogP) is 2.35. The number of hydrogen-bond acceptors (Lipinski definition) is 6. The van der Waals surface area contributed by atoms with Crippen molar-refractivity contribution < 1.29 is 9.53 Å². The van der Waals surface area contributed by atoms with Crippen LogP contribution in [-0.2, 0) is 0 Å². The van der Waals surface area contributed by atoms with Crippen molar-refractivity contribution in [3.05, 3.63) is 42.4 Å². The first-order chi connectivity index (χ1) is 9.76. The average molecular weight is 286 g/mol. The van der Waals surface area contributed by atoms with Crippen molar-refractivity contribution in [2.75, 3.05) is 12.4 Å². The average Bonchev–Trinajstić information content (AvgIpc) is 2.89. The molecule has 0 saturated carbocycles. The van der Waals surface area contributed by atoms with Crippen molar-refractivity contribution in [2.24, 2.45) is 0 Å². The Kier molecular flexibility index (Phi) is 3.26. The molecule has 1 N–H and O–H groups in total. The lowest BCUT2D eigenvalue weighted by molar-refractivity contribution is 0.102. The molecule has 0 radical (unpaired) electrons. The Hall–Kier alpha value is -2.54. The highest BCUT2D eigenvalue weighted by Gasteiger charge is 2.12. The topological polar surface area (TPSA) is 77.0 Å². The smallest absolute Gasteiger partial charge is 0.276 e. The van der Waals surface area contributed by atoms with Gasteiger partial charge >= 0.3 is 0 Å². The first-order valence-corrected chi connectivity index (χ1v) is 6.61. The number of para-hydroxylation sites is 1. The van der Waals surface area contributed by atoms with Gasteiger partial charge in [-0.1, -0.05) is 23.5 Å². The summed E-state index contributed by atoms with van der Waals surface area (Å²) in [7, 11) is 1.48. The van der Waals surface area contributed by atoms with Crippen LogP contribution < -0.4 is 10.1 Å². The molecule has 3 rings (SSSR count). The van der Waals surface area contributed by atoms with E-state index in [9.17, 15) is 4.79 Å². The van der Waals surface area contributed by atoms with Gasteiger partial charge in [-0.05, 0) is 12.1 Å². The number of rotatable bonds is 3. The van der Waals surface area contributed by atoms with E-state index in [4.69, 9.17) is 4.74 Å². The Labute approximate surface area is 118 Å². The summed E-state index contributed by atoms with van der Waals surface area (Å²) in [5.74, 6) is -0.000735. The fraction of sp³-hybridized carbons (Fsp3) is 0.0769. The van der Waals surface area contributed by atoms with Gasteiger partial charge in [0.1, 0.15) is 12.0 Å². The minimum absolute atomic E-state index is 0.233. The van der Waals surface area contributed by atoms with Crippen LogP contribution in [0.4, 0.5) is 5.13 Å². The number of methoxy groups -OCH3 is 1. The van der Waals surface area contributed by atoms with E-state index in [1.54, 1.807) is 0 Å². The number of nitrogens with one attached hydrogen (secondary N) is 1. The van der Waals surface area contributed by atoms with Gasteiger partial charge in [0.05, 0.1) is 17.3 Å². The largest absolute Gasteiger partial charge is 0.481 e. The van der Waals surface area contributed by atoms with Gasteiger partial charge in [0.25, 0.3) is 5.91 Å². The summed E-state index contributed by atoms with van der Waals surface area (Å²) in [6.45, 7) is 0. The van der Waals surface area contributed by atoms with Crippen LogP contribution in [0.15, 0.2) is 36.7 Å². The van der Waals surface area contributed by atoms with Gasteiger partial charge in [-0.2, -0.15) is 0 Å². The van der Waals surface area contributed by atoms with Crippen LogP contribution >= 0.6 is 11.3 Å². The molecule has 3 aromatic rings. The second-order valence-electron chi connectivity index (χ2n) is 3.89. The number of carbonyl (C=O) groups excluding carboxylic acids is 1. The monoisotopic (exact) mass is 286 g/mol. The number of anilines is 1. The molecule has 0 spiro atoms. The number of benzene rings is 1. The van der Waals surface area contributed by atoms with Crippen LogP contribution in [-0.4, -0.2) is 28.0 Å². The minimum Gasteiger partial charge on any atom is -0.481 e. The first-order valence-electron chi connectivity index (χ1n) is 5.79. The third kappa shape index (κ3) is 2.43.